The Morgan fingerprint density at radius 1 is 1.26 bits per heavy atom. The normalized spacial score (nSPS) is 16.5. The van der Waals surface area contributed by atoms with Crippen LogP contribution in [0.5, 0.6) is 5.75 Å². The van der Waals surface area contributed by atoms with Gasteiger partial charge in [0.25, 0.3) is 0 Å². The van der Waals surface area contributed by atoms with Crippen LogP contribution in [0.15, 0.2) is 18.2 Å². The van der Waals surface area contributed by atoms with E-state index in [0.717, 1.165) is 37.5 Å². The van der Waals surface area contributed by atoms with Crippen LogP contribution < -0.4 is 10.5 Å². The van der Waals surface area contributed by atoms with Gasteiger partial charge in [0.1, 0.15) is 5.75 Å². The molecule has 0 bridgehead atoms. The second kappa shape index (κ2) is 7.81. The maximum atomic E-state index is 5.58. The molecule has 2 rings (SSSR count). The van der Waals surface area contributed by atoms with Gasteiger partial charge in [-0.1, -0.05) is 12.1 Å². The van der Waals surface area contributed by atoms with Crippen molar-refractivity contribution in [2.75, 3.05) is 25.2 Å². The zero-order valence-corrected chi connectivity index (χ0v) is 12.7. The predicted molar refractivity (Wildman–Crippen MR) is 84.3 cm³/mol. The van der Waals surface area contributed by atoms with Crippen molar-refractivity contribution in [2.45, 2.75) is 38.0 Å². The third-order valence-electron chi connectivity index (χ3n) is 3.90. The lowest BCUT2D eigenvalue weighted by Crippen LogP contribution is -2.08. The van der Waals surface area contributed by atoms with Crippen molar-refractivity contribution in [3.8, 4) is 5.75 Å². The van der Waals surface area contributed by atoms with Gasteiger partial charge in [-0.3, -0.25) is 0 Å². The van der Waals surface area contributed by atoms with E-state index in [0.29, 0.717) is 0 Å². The standard InChI is InChI=1S/C16H25NOS/c1-18-16-6-5-14(13-7-10-19-11-8-13)12-15(16)4-2-3-9-17/h5-6,12-13H,2-4,7-11,17H2,1H3. The summed E-state index contributed by atoms with van der Waals surface area (Å²) in [6.45, 7) is 0.780. The topological polar surface area (TPSA) is 35.2 Å². The van der Waals surface area contributed by atoms with Gasteiger partial charge in [0, 0.05) is 0 Å². The van der Waals surface area contributed by atoms with E-state index in [-0.39, 0.29) is 0 Å². The maximum Gasteiger partial charge on any atom is 0.122 e. The van der Waals surface area contributed by atoms with Gasteiger partial charge in [-0.05, 0) is 73.3 Å². The highest BCUT2D eigenvalue weighted by Crippen LogP contribution is 2.34. The number of ether oxygens (including phenoxy) is 1. The van der Waals surface area contributed by atoms with Gasteiger partial charge in [0.05, 0.1) is 7.11 Å². The molecule has 0 saturated carbocycles. The third kappa shape index (κ3) is 4.15. The van der Waals surface area contributed by atoms with Crippen molar-refractivity contribution in [2.24, 2.45) is 5.73 Å². The fraction of sp³-hybridized carbons (Fsp3) is 0.625. The molecule has 0 radical (unpaired) electrons. The van der Waals surface area contributed by atoms with Crippen molar-refractivity contribution in [1.82, 2.24) is 0 Å². The van der Waals surface area contributed by atoms with E-state index in [4.69, 9.17) is 10.5 Å². The number of methoxy groups -OCH3 is 1. The van der Waals surface area contributed by atoms with Crippen molar-refractivity contribution in [3.63, 3.8) is 0 Å². The highest BCUT2D eigenvalue weighted by atomic mass is 32.2. The molecule has 0 unspecified atom stereocenters. The molecule has 0 aromatic heterocycles. The lowest BCUT2D eigenvalue weighted by molar-refractivity contribution is 0.408. The van der Waals surface area contributed by atoms with E-state index in [1.807, 2.05) is 0 Å². The van der Waals surface area contributed by atoms with Crippen LogP contribution in [-0.4, -0.2) is 25.2 Å². The average Bonchev–Trinajstić information content (AvgIpc) is 2.48. The van der Waals surface area contributed by atoms with Crippen LogP contribution >= 0.6 is 11.8 Å². The summed E-state index contributed by atoms with van der Waals surface area (Å²) in [6, 6.07) is 6.77. The number of aryl methyl sites for hydroxylation is 1. The van der Waals surface area contributed by atoms with Gasteiger partial charge >= 0.3 is 0 Å². The first kappa shape index (κ1) is 14.7. The molecule has 0 amide bonds. The molecule has 1 aliphatic heterocycles. The Morgan fingerprint density at radius 2 is 2.05 bits per heavy atom. The van der Waals surface area contributed by atoms with E-state index < -0.39 is 0 Å². The third-order valence-corrected chi connectivity index (χ3v) is 4.95. The van der Waals surface area contributed by atoms with E-state index in [1.54, 1.807) is 7.11 Å². The second-order valence-electron chi connectivity index (χ2n) is 5.20. The summed E-state index contributed by atoms with van der Waals surface area (Å²) in [6.07, 6.45) is 5.96. The molecule has 0 spiro atoms. The van der Waals surface area contributed by atoms with E-state index >= 15 is 0 Å². The molecule has 1 aliphatic rings. The fourth-order valence-electron chi connectivity index (χ4n) is 2.74. The molecular formula is C16H25NOS. The van der Waals surface area contributed by atoms with Gasteiger partial charge < -0.3 is 10.5 Å². The zero-order chi connectivity index (χ0) is 13.5. The summed E-state index contributed by atoms with van der Waals surface area (Å²) < 4.78 is 5.48. The molecule has 1 fully saturated rings. The number of unbranched alkanes of at least 4 members (excludes halogenated alkanes) is 1. The number of rotatable bonds is 6. The number of hydrogen-bond acceptors (Lipinski definition) is 3. The highest BCUT2D eigenvalue weighted by molar-refractivity contribution is 7.99. The molecular weight excluding hydrogens is 254 g/mol. The average molecular weight is 279 g/mol. The minimum Gasteiger partial charge on any atom is -0.496 e. The Labute approximate surface area is 121 Å². The quantitative estimate of drug-likeness (QED) is 0.808. The van der Waals surface area contributed by atoms with Crippen molar-refractivity contribution < 1.29 is 4.74 Å². The Kier molecular flexibility index (Phi) is 6.05. The number of benzene rings is 1. The Hall–Kier alpha value is -0.670. The number of nitrogens with two attached hydrogens (primary N) is 1. The highest BCUT2D eigenvalue weighted by Gasteiger charge is 2.17. The molecule has 1 aromatic rings. The predicted octanol–water partition coefficient (Wildman–Crippen LogP) is 3.59. The number of hydrogen-bond donors (Lipinski definition) is 1. The molecule has 3 heteroatoms. The molecule has 1 saturated heterocycles. The van der Waals surface area contributed by atoms with Crippen molar-refractivity contribution >= 4 is 11.8 Å². The van der Waals surface area contributed by atoms with E-state index in [2.05, 4.69) is 30.0 Å². The summed E-state index contributed by atoms with van der Waals surface area (Å²) in [5.74, 6) is 4.39. The van der Waals surface area contributed by atoms with E-state index in [1.165, 1.54) is 35.5 Å². The van der Waals surface area contributed by atoms with Crippen LogP contribution in [0, 0.1) is 0 Å². The van der Waals surface area contributed by atoms with Gasteiger partial charge in [0.15, 0.2) is 0 Å². The summed E-state index contributed by atoms with van der Waals surface area (Å²) in [5.41, 5.74) is 8.43. The maximum absolute atomic E-state index is 5.58. The smallest absolute Gasteiger partial charge is 0.122 e. The van der Waals surface area contributed by atoms with Gasteiger partial charge in [-0.2, -0.15) is 11.8 Å². The summed E-state index contributed by atoms with van der Waals surface area (Å²) >= 11 is 2.08. The van der Waals surface area contributed by atoms with Crippen LogP contribution in [0.2, 0.25) is 0 Å². The SMILES string of the molecule is COc1ccc(C2CCSCC2)cc1CCCCN. The minimum absolute atomic E-state index is 0.750. The molecule has 19 heavy (non-hydrogen) atoms. The zero-order valence-electron chi connectivity index (χ0n) is 11.9. The largest absolute Gasteiger partial charge is 0.496 e. The van der Waals surface area contributed by atoms with Gasteiger partial charge in [-0.25, -0.2) is 0 Å². The first-order valence-electron chi connectivity index (χ1n) is 7.29. The lowest BCUT2D eigenvalue weighted by atomic mass is 9.91. The molecule has 0 aliphatic carbocycles. The summed E-state index contributed by atoms with van der Waals surface area (Å²) in [5, 5.41) is 0. The first-order chi connectivity index (χ1) is 9.35. The number of thioether (sulfide) groups is 1. The Bertz CT molecular complexity index is 388. The van der Waals surface area contributed by atoms with Crippen molar-refractivity contribution in [1.29, 1.82) is 0 Å². The summed E-state index contributed by atoms with van der Waals surface area (Å²) in [4.78, 5) is 0. The van der Waals surface area contributed by atoms with Crippen LogP contribution in [0.3, 0.4) is 0 Å². The van der Waals surface area contributed by atoms with Crippen LogP contribution in [0.1, 0.15) is 42.7 Å². The molecule has 1 aromatic carbocycles. The Morgan fingerprint density at radius 3 is 2.74 bits per heavy atom. The van der Waals surface area contributed by atoms with E-state index in [9.17, 15) is 0 Å². The molecule has 2 nitrogen and oxygen atoms in total. The summed E-state index contributed by atoms with van der Waals surface area (Å²) in [7, 11) is 1.76. The molecule has 0 atom stereocenters. The first-order valence-corrected chi connectivity index (χ1v) is 8.45. The molecule has 106 valence electrons. The van der Waals surface area contributed by atoms with Gasteiger partial charge in [0.2, 0.25) is 0 Å². The van der Waals surface area contributed by atoms with Crippen LogP contribution in [-0.2, 0) is 6.42 Å². The van der Waals surface area contributed by atoms with Crippen LogP contribution in [0.4, 0.5) is 0 Å². The molecule has 2 N–H and O–H groups in total. The fourth-order valence-corrected chi connectivity index (χ4v) is 3.85. The van der Waals surface area contributed by atoms with Crippen LogP contribution in [0.25, 0.3) is 0 Å². The molecule has 1 heterocycles. The monoisotopic (exact) mass is 279 g/mol. The Balaban J connectivity index is 2.09. The van der Waals surface area contributed by atoms with Crippen molar-refractivity contribution in [3.05, 3.63) is 29.3 Å². The van der Waals surface area contributed by atoms with Gasteiger partial charge in [-0.15, -0.1) is 0 Å². The lowest BCUT2D eigenvalue weighted by Gasteiger charge is -2.23. The second-order valence-corrected chi connectivity index (χ2v) is 6.43. The minimum atomic E-state index is 0.750.